The normalized spacial score (nSPS) is 14.6. The predicted molar refractivity (Wildman–Crippen MR) is 233 cm³/mol. The number of hydrogen-bond donors (Lipinski definition) is 0. The lowest BCUT2D eigenvalue weighted by molar-refractivity contribution is 0.474. The molecular weight excluding hydrogens is 657 g/mol. The predicted octanol–water partition coefficient (Wildman–Crippen LogP) is 15.5. The second kappa shape index (κ2) is 13.9. The minimum Gasteiger partial charge on any atom is -0.138 e. The summed E-state index contributed by atoms with van der Waals surface area (Å²) in [5.41, 5.74) is 8.25. The highest BCUT2D eigenvalue weighted by molar-refractivity contribution is 8.01. The van der Waals surface area contributed by atoms with Gasteiger partial charge in [-0.1, -0.05) is 173 Å². The van der Waals surface area contributed by atoms with Crippen LogP contribution >= 0.6 is 11.8 Å². The highest BCUT2D eigenvalue weighted by atomic mass is 32.2. The molecule has 0 bridgehead atoms. The maximum atomic E-state index is 2.65. The van der Waals surface area contributed by atoms with Crippen molar-refractivity contribution in [3.63, 3.8) is 0 Å². The Morgan fingerprint density at radius 3 is 1.72 bits per heavy atom. The van der Waals surface area contributed by atoms with Crippen LogP contribution in [0.25, 0.3) is 65.3 Å². The molecule has 1 unspecified atom stereocenters. The van der Waals surface area contributed by atoms with Gasteiger partial charge in [-0.15, -0.1) is 11.8 Å². The molecule has 8 aromatic carbocycles. The Bertz CT molecular complexity index is 2580. The molecule has 0 radical (unpaired) electrons. The molecule has 1 fully saturated rings. The molecule has 262 valence electrons. The summed E-state index contributed by atoms with van der Waals surface area (Å²) in [7, 11) is 0. The first kappa shape index (κ1) is 34.0. The Morgan fingerprint density at radius 2 is 1.06 bits per heavy atom. The first-order valence-electron chi connectivity index (χ1n) is 19.8. The number of fused-ring (bicyclic) bond motifs is 5. The fraction of sp³-hybridized carbons (Fsp3) is 0.231. The number of hydrogen-bond acceptors (Lipinski definition) is 1. The molecule has 1 saturated carbocycles. The van der Waals surface area contributed by atoms with Gasteiger partial charge in [-0.2, -0.15) is 0 Å². The van der Waals surface area contributed by atoms with Gasteiger partial charge < -0.3 is 0 Å². The van der Waals surface area contributed by atoms with E-state index in [2.05, 4.69) is 190 Å². The average Bonchev–Trinajstić information content (AvgIpc) is 4.08. The zero-order valence-corrected chi connectivity index (χ0v) is 32.1. The van der Waals surface area contributed by atoms with Gasteiger partial charge in [0, 0.05) is 9.49 Å². The molecule has 0 amide bonds. The summed E-state index contributed by atoms with van der Waals surface area (Å²) in [4.78, 5) is 0. The Labute approximate surface area is 319 Å². The van der Waals surface area contributed by atoms with Crippen molar-refractivity contribution in [2.75, 3.05) is 0 Å². The van der Waals surface area contributed by atoms with Crippen LogP contribution in [0.4, 0.5) is 0 Å². The largest absolute Gasteiger partial charge is 0.138 e. The third kappa shape index (κ3) is 5.67. The molecule has 1 atom stereocenters. The molecule has 0 saturated heterocycles. The van der Waals surface area contributed by atoms with Gasteiger partial charge >= 0.3 is 0 Å². The van der Waals surface area contributed by atoms with E-state index in [0.29, 0.717) is 5.92 Å². The zero-order chi connectivity index (χ0) is 36.0. The number of benzene rings is 8. The van der Waals surface area contributed by atoms with Crippen molar-refractivity contribution in [1.82, 2.24) is 0 Å². The van der Waals surface area contributed by atoms with Gasteiger partial charge in [-0.05, 0) is 127 Å². The van der Waals surface area contributed by atoms with Crippen molar-refractivity contribution >= 4 is 54.9 Å². The molecule has 9 rings (SSSR count). The monoisotopic (exact) mass is 704 g/mol. The Balaban J connectivity index is 1.38. The van der Waals surface area contributed by atoms with Crippen molar-refractivity contribution in [1.29, 1.82) is 0 Å². The standard InChI is InChI=1S/C52H48S/c1-4-33-52(39-29-30-39,53-51(5-2,6-3)38-22-11-8-12-23-38)40-31-32-46-48(35-40)49(36-19-9-7-10-20-36)44-27-17-18-28-45(44)50(46)47-34-37-21-13-14-24-41(37)42-25-15-16-26-43(42)47/h7-28,31-32,34-35,39H,4-6,29-30,33H2,1-3H3. The third-order valence-electron chi connectivity index (χ3n) is 12.3. The summed E-state index contributed by atoms with van der Waals surface area (Å²) in [6.07, 6.45) is 7.18. The van der Waals surface area contributed by atoms with Gasteiger partial charge in [0.1, 0.15) is 0 Å². The Hall–Kier alpha value is -4.85. The van der Waals surface area contributed by atoms with E-state index in [0.717, 1.165) is 19.3 Å². The average molecular weight is 705 g/mol. The summed E-state index contributed by atoms with van der Waals surface area (Å²) in [6.45, 7) is 7.22. The van der Waals surface area contributed by atoms with E-state index in [-0.39, 0.29) is 9.49 Å². The minimum absolute atomic E-state index is 0.0280. The number of thioether (sulfide) groups is 1. The molecule has 0 N–H and O–H groups in total. The van der Waals surface area contributed by atoms with Crippen LogP contribution in [0.15, 0.2) is 158 Å². The van der Waals surface area contributed by atoms with Crippen molar-refractivity contribution in [2.24, 2.45) is 5.92 Å². The van der Waals surface area contributed by atoms with Crippen LogP contribution in [0.2, 0.25) is 0 Å². The topological polar surface area (TPSA) is 0 Å². The molecule has 1 aliphatic carbocycles. The Morgan fingerprint density at radius 1 is 0.491 bits per heavy atom. The molecule has 1 aliphatic rings. The number of rotatable bonds is 11. The van der Waals surface area contributed by atoms with Gasteiger partial charge in [0.2, 0.25) is 0 Å². The molecule has 0 heterocycles. The lowest BCUT2D eigenvalue weighted by atomic mass is 9.81. The summed E-state index contributed by atoms with van der Waals surface area (Å²) in [5, 5.41) is 10.5. The van der Waals surface area contributed by atoms with Crippen LogP contribution in [-0.4, -0.2) is 0 Å². The van der Waals surface area contributed by atoms with E-state index in [1.807, 2.05) is 0 Å². The van der Waals surface area contributed by atoms with E-state index >= 15 is 0 Å². The van der Waals surface area contributed by atoms with Gasteiger partial charge in [-0.3, -0.25) is 0 Å². The van der Waals surface area contributed by atoms with Crippen LogP contribution in [0.1, 0.15) is 70.4 Å². The first-order valence-corrected chi connectivity index (χ1v) is 20.6. The van der Waals surface area contributed by atoms with Crippen molar-refractivity contribution in [3.05, 3.63) is 169 Å². The fourth-order valence-corrected chi connectivity index (χ4v) is 11.8. The molecule has 0 aliphatic heterocycles. The smallest absolute Gasteiger partial charge is 0.0445 e. The van der Waals surface area contributed by atoms with Gasteiger partial charge in [0.25, 0.3) is 0 Å². The highest BCUT2D eigenvalue weighted by Crippen LogP contribution is 2.64. The van der Waals surface area contributed by atoms with Crippen LogP contribution in [0.3, 0.4) is 0 Å². The highest BCUT2D eigenvalue weighted by Gasteiger charge is 2.51. The second-order valence-corrected chi connectivity index (χ2v) is 16.9. The second-order valence-electron chi connectivity index (χ2n) is 15.2. The molecule has 0 spiro atoms. The molecule has 0 nitrogen and oxygen atoms in total. The molecular formula is C52H48S. The maximum absolute atomic E-state index is 2.65. The fourth-order valence-electron chi connectivity index (χ4n) is 9.56. The van der Waals surface area contributed by atoms with E-state index in [9.17, 15) is 0 Å². The van der Waals surface area contributed by atoms with Crippen LogP contribution in [0.5, 0.6) is 0 Å². The van der Waals surface area contributed by atoms with Gasteiger partial charge in [-0.25, -0.2) is 0 Å². The summed E-state index contributed by atoms with van der Waals surface area (Å²) < 4.78 is 0.0784. The SMILES string of the molecule is CCCC(SC(CC)(CC)c1ccccc1)(c1ccc2c(-c3cc4ccccc4c4ccccc34)c3ccccc3c(-c3ccccc3)c2c1)C1CC1. The lowest BCUT2D eigenvalue weighted by Gasteiger charge is -2.44. The lowest BCUT2D eigenvalue weighted by Crippen LogP contribution is -2.33. The van der Waals surface area contributed by atoms with Crippen LogP contribution < -0.4 is 0 Å². The minimum atomic E-state index is 0.0280. The van der Waals surface area contributed by atoms with E-state index in [4.69, 9.17) is 0 Å². The zero-order valence-electron chi connectivity index (χ0n) is 31.2. The maximum Gasteiger partial charge on any atom is 0.0445 e. The molecule has 1 heteroatoms. The van der Waals surface area contributed by atoms with E-state index in [1.54, 1.807) is 0 Å². The summed E-state index contributed by atoms with van der Waals surface area (Å²) in [5.74, 6) is 0.677. The first-order chi connectivity index (χ1) is 26.1. The van der Waals surface area contributed by atoms with Crippen molar-refractivity contribution in [3.8, 4) is 22.3 Å². The van der Waals surface area contributed by atoms with Crippen molar-refractivity contribution < 1.29 is 0 Å². The van der Waals surface area contributed by atoms with E-state index < -0.39 is 0 Å². The van der Waals surface area contributed by atoms with Gasteiger partial charge in [0.05, 0.1) is 0 Å². The Kier molecular flexibility index (Phi) is 8.87. The summed E-state index contributed by atoms with van der Waals surface area (Å²) >= 11 is 2.30. The van der Waals surface area contributed by atoms with Crippen molar-refractivity contribution in [2.45, 2.75) is 68.8 Å². The van der Waals surface area contributed by atoms with E-state index in [1.165, 1.54) is 95.7 Å². The van der Waals surface area contributed by atoms with Crippen LogP contribution in [-0.2, 0) is 9.49 Å². The third-order valence-corrected chi connectivity index (χ3v) is 14.6. The molecule has 53 heavy (non-hydrogen) atoms. The molecule has 0 aromatic heterocycles. The summed E-state index contributed by atoms with van der Waals surface area (Å²) in [6, 6.07) is 59.8. The van der Waals surface area contributed by atoms with Crippen LogP contribution in [0, 0.1) is 5.92 Å². The quantitative estimate of drug-likeness (QED) is 0.0954. The van der Waals surface area contributed by atoms with Gasteiger partial charge in [0.15, 0.2) is 0 Å². The molecule has 8 aromatic rings.